The van der Waals surface area contributed by atoms with Crippen molar-refractivity contribution in [1.82, 2.24) is 9.97 Å². The first-order valence-corrected chi connectivity index (χ1v) is 5.08. The Morgan fingerprint density at radius 3 is 2.69 bits per heavy atom. The molecule has 1 rings (SSSR count). The van der Waals surface area contributed by atoms with Gasteiger partial charge >= 0.3 is 6.18 Å². The molecule has 0 aliphatic heterocycles. The zero-order valence-corrected chi connectivity index (χ0v) is 8.96. The summed E-state index contributed by atoms with van der Waals surface area (Å²) in [6.45, 7) is 1.97. The van der Waals surface area contributed by atoms with Crippen molar-refractivity contribution in [3.05, 3.63) is 23.8 Å². The first kappa shape index (κ1) is 12.9. The molecule has 3 nitrogen and oxygen atoms in total. The molecule has 0 spiro atoms. The van der Waals surface area contributed by atoms with Crippen LogP contribution in [0.5, 0.6) is 0 Å². The second kappa shape index (κ2) is 5.25. The Kier molecular flexibility index (Phi) is 4.23. The molecule has 0 saturated carbocycles. The average molecular weight is 233 g/mol. The van der Waals surface area contributed by atoms with Crippen molar-refractivity contribution in [2.24, 2.45) is 5.73 Å². The van der Waals surface area contributed by atoms with Gasteiger partial charge in [0.2, 0.25) is 0 Å². The monoisotopic (exact) mass is 233 g/mol. The number of alkyl halides is 3. The molecule has 0 aromatic carbocycles. The third-order valence-electron chi connectivity index (χ3n) is 2.10. The van der Waals surface area contributed by atoms with Crippen molar-refractivity contribution in [2.45, 2.75) is 38.4 Å². The molecule has 90 valence electrons. The van der Waals surface area contributed by atoms with E-state index in [0.29, 0.717) is 0 Å². The standard InChI is InChI=1S/C10H14F3N3/c1-2-3-7(14)6-9-15-5-4-8(16-9)10(11,12)13/h4-5,7H,2-3,6,14H2,1H3. The van der Waals surface area contributed by atoms with Crippen LogP contribution in [0.4, 0.5) is 13.2 Å². The second-order valence-electron chi connectivity index (χ2n) is 3.61. The molecule has 6 heteroatoms. The molecule has 16 heavy (non-hydrogen) atoms. The van der Waals surface area contributed by atoms with Crippen LogP contribution in [-0.2, 0) is 12.6 Å². The predicted octanol–water partition coefficient (Wildman–Crippen LogP) is 2.17. The maximum absolute atomic E-state index is 12.3. The minimum atomic E-state index is -4.42. The molecule has 1 atom stereocenters. The summed E-state index contributed by atoms with van der Waals surface area (Å²) in [6.07, 6.45) is -1.39. The first-order valence-electron chi connectivity index (χ1n) is 5.08. The zero-order valence-electron chi connectivity index (χ0n) is 8.96. The SMILES string of the molecule is CCCC(N)Cc1nccc(C(F)(F)F)n1. The number of halogens is 3. The van der Waals surface area contributed by atoms with Gasteiger partial charge in [-0.15, -0.1) is 0 Å². The van der Waals surface area contributed by atoms with Crippen LogP contribution in [0.15, 0.2) is 12.3 Å². The Labute approximate surface area is 91.9 Å². The summed E-state index contributed by atoms with van der Waals surface area (Å²) in [6, 6.07) is 0.669. The van der Waals surface area contributed by atoms with Gasteiger partial charge in [-0.05, 0) is 12.5 Å². The van der Waals surface area contributed by atoms with Crippen LogP contribution in [0.3, 0.4) is 0 Å². The van der Waals surface area contributed by atoms with E-state index in [1.165, 1.54) is 0 Å². The molecule has 1 unspecified atom stereocenters. The predicted molar refractivity (Wildman–Crippen MR) is 53.6 cm³/mol. The van der Waals surface area contributed by atoms with Gasteiger partial charge in [-0.2, -0.15) is 13.2 Å². The molecule has 0 aliphatic rings. The molecule has 0 amide bonds. The maximum Gasteiger partial charge on any atom is 0.433 e. The van der Waals surface area contributed by atoms with E-state index in [9.17, 15) is 13.2 Å². The van der Waals surface area contributed by atoms with E-state index in [1.807, 2.05) is 6.92 Å². The van der Waals surface area contributed by atoms with E-state index in [2.05, 4.69) is 9.97 Å². The van der Waals surface area contributed by atoms with Crippen LogP contribution in [0, 0.1) is 0 Å². The highest BCUT2D eigenvalue weighted by Gasteiger charge is 2.32. The zero-order chi connectivity index (χ0) is 12.2. The number of rotatable bonds is 4. The van der Waals surface area contributed by atoms with E-state index in [1.54, 1.807) is 0 Å². The molecule has 0 bridgehead atoms. The number of hydrogen-bond donors (Lipinski definition) is 1. The van der Waals surface area contributed by atoms with Gasteiger partial charge < -0.3 is 5.73 Å². The van der Waals surface area contributed by atoms with E-state index >= 15 is 0 Å². The van der Waals surface area contributed by atoms with Gasteiger partial charge in [-0.3, -0.25) is 0 Å². The Bertz CT molecular complexity index is 338. The molecule has 0 saturated heterocycles. The number of nitrogens with zero attached hydrogens (tertiary/aromatic N) is 2. The van der Waals surface area contributed by atoms with Crippen molar-refractivity contribution in [3.8, 4) is 0 Å². The van der Waals surface area contributed by atoms with E-state index < -0.39 is 11.9 Å². The van der Waals surface area contributed by atoms with Gasteiger partial charge in [-0.25, -0.2) is 9.97 Å². The Balaban J connectivity index is 2.75. The van der Waals surface area contributed by atoms with E-state index in [4.69, 9.17) is 5.73 Å². The van der Waals surface area contributed by atoms with Crippen molar-refractivity contribution in [2.75, 3.05) is 0 Å². The van der Waals surface area contributed by atoms with Crippen LogP contribution in [-0.4, -0.2) is 16.0 Å². The largest absolute Gasteiger partial charge is 0.433 e. The molecule has 0 radical (unpaired) electrons. The fourth-order valence-electron chi connectivity index (χ4n) is 1.36. The van der Waals surface area contributed by atoms with Crippen LogP contribution in [0.25, 0.3) is 0 Å². The lowest BCUT2D eigenvalue weighted by Gasteiger charge is -2.10. The Hall–Kier alpha value is -1.17. The van der Waals surface area contributed by atoms with Crippen LogP contribution in [0.1, 0.15) is 31.3 Å². The first-order chi connectivity index (χ1) is 7.43. The fraction of sp³-hybridized carbons (Fsp3) is 0.600. The van der Waals surface area contributed by atoms with Crippen molar-refractivity contribution in [3.63, 3.8) is 0 Å². The lowest BCUT2D eigenvalue weighted by Crippen LogP contribution is -2.24. The average Bonchev–Trinajstić information content (AvgIpc) is 2.17. The maximum atomic E-state index is 12.3. The highest BCUT2D eigenvalue weighted by molar-refractivity contribution is 5.06. The molecule has 1 aromatic heterocycles. The lowest BCUT2D eigenvalue weighted by molar-refractivity contribution is -0.141. The molecule has 0 fully saturated rings. The quantitative estimate of drug-likeness (QED) is 0.867. The van der Waals surface area contributed by atoms with E-state index in [0.717, 1.165) is 25.1 Å². The summed E-state index contributed by atoms with van der Waals surface area (Å²) >= 11 is 0. The number of hydrogen-bond acceptors (Lipinski definition) is 3. The van der Waals surface area contributed by atoms with Crippen molar-refractivity contribution >= 4 is 0 Å². The summed E-state index contributed by atoms with van der Waals surface area (Å²) in [5.41, 5.74) is 4.80. The van der Waals surface area contributed by atoms with Crippen LogP contribution >= 0.6 is 0 Å². The van der Waals surface area contributed by atoms with Crippen molar-refractivity contribution in [1.29, 1.82) is 0 Å². The molecular weight excluding hydrogens is 219 g/mol. The summed E-state index contributed by atoms with van der Waals surface area (Å²) in [4.78, 5) is 7.23. The molecule has 0 aliphatic carbocycles. The fourth-order valence-corrected chi connectivity index (χ4v) is 1.36. The molecular formula is C10H14F3N3. The number of aromatic nitrogens is 2. The minimum absolute atomic E-state index is 0.149. The number of nitrogens with two attached hydrogens (primary N) is 1. The summed E-state index contributed by atoms with van der Waals surface area (Å²) in [7, 11) is 0. The van der Waals surface area contributed by atoms with Gasteiger partial charge in [-0.1, -0.05) is 13.3 Å². The Morgan fingerprint density at radius 2 is 2.12 bits per heavy atom. The second-order valence-corrected chi connectivity index (χ2v) is 3.61. The third-order valence-corrected chi connectivity index (χ3v) is 2.10. The summed E-state index contributed by atoms with van der Waals surface area (Å²) < 4.78 is 37.0. The summed E-state index contributed by atoms with van der Waals surface area (Å²) in [5.74, 6) is 0.149. The highest BCUT2D eigenvalue weighted by Crippen LogP contribution is 2.27. The van der Waals surface area contributed by atoms with Gasteiger partial charge in [0.1, 0.15) is 11.5 Å². The molecule has 1 aromatic rings. The van der Waals surface area contributed by atoms with Gasteiger partial charge in [0.25, 0.3) is 0 Å². The van der Waals surface area contributed by atoms with E-state index in [-0.39, 0.29) is 18.3 Å². The van der Waals surface area contributed by atoms with Crippen LogP contribution < -0.4 is 5.73 Å². The van der Waals surface area contributed by atoms with Crippen LogP contribution in [0.2, 0.25) is 0 Å². The van der Waals surface area contributed by atoms with Gasteiger partial charge in [0.05, 0.1) is 0 Å². The normalized spacial score (nSPS) is 13.8. The highest BCUT2D eigenvalue weighted by atomic mass is 19.4. The van der Waals surface area contributed by atoms with Crippen molar-refractivity contribution < 1.29 is 13.2 Å². The summed E-state index contributed by atoms with van der Waals surface area (Å²) in [5, 5.41) is 0. The minimum Gasteiger partial charge on any atom is -0.327 e. The topological polar surface area (TPSA) is 51.8 Å². The third kappa shape index (κ3) is 3.77. The lowest BCUT2D eigenvalue weighted by atomic mass is 10.1. The molecule has 1 heterocycles. The van der Waals surface area contributed by atoms with Gasteiger partial charge in [0, 0.05) is 18.7 Å². The smallest absolute Gasteiger partial charge is 0.327 e. The Morgan fingerprint density at radius 1 is 1.44 bits per heavy atom. The van der Waals surface area contributed by atoms with Gasteiger partial charge in [0.15, 0.2) is 0 Å². The molecule has 2 N–H and O–H groups in total.